The van der Waals surface area contributed by atoms with E-state index < -0.39 is 0 Å². The molecule has 1 heterocycles. The van der Waals surface area contributed by atoms with Crippen molar-refractivity contribution in [2.24, 2.45) is 5.41 Å². The van der Waals surface area contributed by atoms with E-state index in [1.165, 1.54) is 0 Å². The first-order valence-electron chi connectivity index (χ1n) is 5.66. The van der Waals surface area contributed by atoms with Crippen LogP contribution in [0.15, 0.2) is 0 Å². The fourth-order valence-corrected chi connectivity index (χ4v) is 2.17. The van der Waals surface area contributed by atoms with Crippen LogP contribution in [0, 0.1) is 5.41 Å². The van der Waals surface area contributed by atoms with Crippen LogP contribution in [0.3, 0.4) is 0 Å². The molecule has 1 aliphatic heterocycles. The van der Waals surface area contributed by atoms with E-state index in [0.29, 0.717) is 5.78 Å². The molecule has 86 valence electrons. The number of ketones is 1. The number of Topliss-reactive ketones (excluding diaryl/α,β-unsaturated/α-hetero) is 1. The summed E-state index contributed by atoms with van der Waals surface area (Å²) in [5.41, 5.74) is 0.209. The Balaban J connectivity index is 0. The van der Waals surface area contributed by atoms with Gasteiger partial charge < -0.3 is 0 Å². The van der Waals surface area contributed by atoms with E-state index in [1.54, 1.807) is 6.92 Å². The number of nitrogens with zero attached hydrogens (tertiary/aromatic N) is 1. The predicted molar refractivity (Wildman–Crippen MR) is 63.6 cm³/mol. The van der Waals surface area contributed by atoms with Crippen molar-refractivity contribution in [3.8, 4) is 0 Å². The molecule has 0 spiro atoms. The molecule has 0 aromatic heterocycles. The van der Waals surface area contributed by atoms with Crippen molar-refractivity contribution >= 4 is 5.78 Å². The van der Waals surface area contributed by atoms with Gasteiger partial charge in [-0.3, -0.25) is 9.69 Å². The van der Waals surface area contributed by atoms with Crippen molar-refractivity contribution in [2.75, 3.05) is 13.6 Å². The van der Waals surface area contributed by atoms with Crippen LogP contribution < -0.4 is 0 Å². The zero-order valence-electron chi connectivity index (χ0n) is 11.1. The van der Waals surface area contributed by atoms with Gasteiger partial charge in [0.15, 0.2) is 0 Å². The van der Waals surface area contributed by atoms with Gasteiger partial charge in [-0.2, -0.15) is 0 Å². The van der Waals surface area contributed by atoms with E-state index in [9.17, 15) is 4.79 Å². The monoisotopic (exact) mass is 201 g/mol. The first kappa shape index (κ1) is 16.1. The molecule has 0 bridgehead atoms. The quantitative estimate of drug-likeness (QED) is 0.650. The Labute approximate surface area is 89.7 Å². The molecule has 0 aromatic rings. The maximum Gasteiger partial charge on any atom is 0.147 e. The minimum Gasteiger partial charge on any atom is -0.298 e. The summed E-state index contributed by atoms with van der Waals surface area (Å²) in [6.07, 6.45) is 0. The smallest absolute Gasteiger partial charge is 0.147 e. The third kappa shape index (κ3) is 3.79. The van der Waals surface area contributed by atoms with Crippen LogP contribution in [0.25, 0.3) is 0 Å². The number of rotatable bonds is 1. The van der Waals surface area contributed by atoms with E-state index in [-0.39, 0.29) is 11.5 Å². The highest BCUT2D eigenvalue weighted by Gasteiger charge is 2.45. The molecule has 0 N–H and O–H groups in total. The number of likely N-dealkylation sites (tertiary alicyclic amines) is 1. The molecule has 1 rings (SSSR count). The Morgan fingerprint density at radius 3 is 1.64 bits per heavy atom. The number of carbonyl (C=O) groups is 1. The normalized spacial score (nSPS) is 23.3. The van der Waals surface area contributed by atoms with Gasteiger partial charge in [-0.1, -0.05) is 41.5 Å². The van der Waals surface area contributed by atoms with Crippen molar-refractivity contribution in [1.82, 2.24) is 4.90 Å². The van der Waals surface area contributed by atoms with Crippen LogP contribution in [0.2, 0.25) is 0 Å². The Morgan fingerprint density at radius 2 is 1.57 bits per heavy atom. The van der Waals surface area contributed by atoms with Gasteiger partial charge in [-0.25, -0.2) is 0 Å². The van der Waals surface area contributed by atoms with Gasteiger partial charge in [0.05, 0.1) is 6.04 Å². The third-order valence-electron chi connectivity index (χ3n) is 2.22. The molecule has 0 aliphatic carbocycles. The molecule has 14 heavy (non-hydrogen) atoms. The predicted octanol–water partition coefficient (Wildman–Crippen LogP) is 2.97. The van der Waals surface area contributed by atoms with E-state index in [1.807, 2.05) is 34.7 Å². The maximum absolute atomic E-state index is 11.0. The zero-order valence-corrected chi connectivity index (χ0v) is 11.1. The number of hydrogen-bond donors (Lipinski definition) is 0. The van der Waals surface area contributed by atoms with Crippen molar-refractivity contribution in [2.45, 2.75) is 54.5 Å². The molecule has 1 aliphatic rings. The van der Waals surface area contributed by atoms with Crippen LogP contribution in [0.5, 0.6) is 0 Å². The molecule has 0 amide bonds. The lowest BCUT2D eigenvalue weighted by molar-refractivity contribution is -0.136. The van der Waals surface area contributed by atoms with Crippen LogP contribution in [0.1, 0.15) is 48.5 Å². The Bertz CT molecular complexity index is 164. The van der Waals surface area contributed by atoms with Crippen LogP contribution in [-0.2, 0) is 4.79 Å². The first-order chi connectivity index (χ1) is 6.45. The zero-order chi connectivity index (χ0) is 11.9. The van der Waals surface area contributed by atoms with E-state index in [2.05, 4.69) is 18.7 Å². The number of likely N-dealkylation sites (N-methyl/N-ethyl adjacent to an activating group) is 1. The standard InChI is InChI=1S/C8H15NO.2C2H6/c1-6(10)7-8(2,3)5-9(7)4;2*1-2/h7H,5H2,1-4H3;2*1-2H3. The van der Waals surface area contributed by atoms with Crippen molar-refractivity contribution in [1.29, 1.82) is 0 Å². The first-order valence-corrected chi connectivity index (χ1v) is 5.66. The summed E-state index contributed by atoms with van der Waals surface area (Å²) in [6.45, 7) is 15.0. The molecule has 2 heteroatoms. The molecule has 0 aromatic carbocycles. The highest BCUT2D eigenvalue weighted by Crippen LogP contribution is 2.35. The topological polar surface area (TPSA) is 20.3 Å². The highest BCUT2D eigenvalue weighted by atomic mass is 16.1. The van der Waals surface area contributed by atoms with Crippen LogP contribution in [-0.4, -0.2) is 30.3 Å². The second kappa shape index (κ2) is 6.99. The van der Waals surface area contributed by atoms with E-state index in [0.717, 1.165) is 6.54 Å². The Kier molecular flexibility index (Phi) is 8.03. The summed E-state index contributed by atoms with van der Waals surface area (Å²) in [7, 11) is 2.00. The molecular formula is C12H27NO. The van der Waals surface area contributed by atoms with Gasteiger partial charge in [-0.15, -0.1) is 0 Å². The summed E-state index contributed by atoms with van der Waals surface area (Å²) in [4.78, 5) is 13.1. The summed E-state index contributed by atoms with van der Waals surface area (Å²) in [5, 5.41) is 0. The third-order valence-corrected chi connectivity index (χ3v) is 2.22. The molecular weight excluding hydrogens is 174 g/mol. The fraction of sp³-hybridized carbons (Fsp3) is 0.917. The lowest BCUT2D eigenvalue weighted by Crippen LogP contribution is -2.62. The molecule has 2 nitrogen and oxygen atoms in total. The second-order valence-corrected chi connectivity index (χ2v) is 3.92. The average Bonchev–Trinajstić information content (AvgIpc) is 2.08. The molecule has 1 fully saturated rings. The van der Waals surface area contributed by atoms with Gasteiger partial charge in [0.1, 0.15) is 5.78 Å². The lowest BCUT2D eigenvalue weighted by Gasteiger charge is -2.51. The molecule has 1 saturated heterocycles. The SMILES string of the molecule is CC.CC.CC(=O)C1N(C)CC1(C)C. The lowest BCUT2D eigenvalue weighted by atomic mass is 9.74. The van der Waals surface area contributed by atoms with Crippen LogP contribution >= 0.6 is 0 Å². The molecule has 0 radical (unpaired) electrons. The Morgan fingerprint density at radius 1 is 1.21 bits per heavy atom. The second-order valence-electron chi connectivity index (χ2n) is 3.92. The summed E-state index contributed by atoms with van der Waals surface area (Å²) in [5.74, 6) is 0.291. The van der Waals surface area contributed by atoms with Crippen molar-refractivity contribution in [3.05, 3.63) is 0 Å². The molecule has 1 unspecified atom stereocenters. The summed E-state index contributed by atoms with van der Waals surface area (Å²) in [6, 6.07) is 0.160. The summed E-state index contributed by atoms with van der Waals surface area (Å²) < 4.78 is 0. The average molecular weight is 201 g/mol. The largest absolute Gasteiger partial charge is 0.298 e. The minimum atomic E-state index is 0.160. The Hall–Kier alpha value is -0.370. The van der Waals surface area contributed by atoms with E-state index >= 15 is 0 Å². The fourth-order valence-electron chi connectivity index (χ4n) is 2.17. The minimum absolute atomic E-state index is 0.160. The van der Waals surface area contributed by atoms with Gasteiger partial charge in [0, 0.05) is 12.0 Å². The number of hydrogen-bond acceptors (Lipinski definition) is 2. The van der Waals surface area contributed by atoms with Gasteiger partial charge in [0.2, 0.25) is 0 Å². The van der Waals surface area contributed by atoms with Gasteiger partial charge in [0.25, 0.3) is 0 Å². The van der Waals surface area contributed by atoms with Gasteiger partial charge in [-0.05, 0) is 14.0 Å². The van der Waals surface area contributed by atoms with Crippen LogP contribution in [0.4, 0.5) is 0 Å². The highest BCUT2D eigenvalue weighted by molar-refractivity contribution is 5.83. The number of carbonyl (C=O) groups excluding carboxylic acids is 1. The van der Waals surface area contributed by atoms with Gasteiger partial charge >= 0.3 is 0 Å². The molecule has 0 saturated carbocycles. The van der Waals surface area contributed by atoms with E-state index in [4.69, 9.17) is 0 Å². The van der Waals surface area contributed by atoms with Crippen molar-refractivity contribution < 1.29 is 4.79 Å². The molecule has 1 atom stereocenters. The van der Waals surface area contributed by atoms with Crippen molar-refractivity contribution in [3.63, 3.8) is 0 Å². The maximum atomic E-state index is 11.0. The summed E-state index contributed by atoms with van der Waals surface area (Å²) >= 11 is 0.